The highest BCUT2D eigenvalue weighted by Gasteiger charge is 2.30. The Hall–Kier alpha value is -3.94. The number of carbonyl (C=O) groups is 3. The quantitative estimate of drug-likeness (QED) is 0.135. The molecule has 0 bridgehead atoms. The van der Waals surface area contributed by atoms with Crippen molar-refractivity contribution in [2.75, 3.05) is 26.3 Å². The molecule has 0 radical (unpaired) electrons. The zero-order valence-electron chi connectivity index (χ0n) is 26.1. The van der Waals surface area contributed by atoms with Crippen LogP contribution in [0.2, 0.25) is 0 Å². The minimum Gasteiger partial charge on any atom is -0.438 e. The smallest absolute Gasteiger partial charge is 0.349 e. The lowest BCUT2D eigenvalue weighted by molar-refractivity contribution is -0.162. The molecule has 240 valence electrons. The molecule has 15 nitrogen and oxygen atoms in total. The van der Waals surface area contributed by atoms with E-state index in [1.54, 1.807) is 53.7 Å². The summed E-state index contributed by atoms with van der Waals surface area (Å²) >= 11 is 0. The molecule has 0 aromatic heterocycles. The van der Waals surface area contributed by atoms with Gasteiger partial charge in [0.1, 0.15) is 6.54 Å². The predicted molar refractivity (Wildman–Crippen MR) is 159 cm³/mol. The summed E-state index contributed by atoms with van der Waals surface area (Å²) in [6, 6.07) is 3.53. The van der Waals surface area contributed by atoms with E-state index in [1.807, 2.05) is 13.8 Å². The lowest BCUT2D eigenvalue weighted by Crippen LogP contribution is -2.34. The number of aromatic nitrogens is 4. The van der Waals surface area contributed by atoms with E-state index < -0.39 is 61.1 Å². The summed E-state index contributed by atoms with van der Waals surface area (Å²) in [5, 5.41) is 2.60. The van der Waals surface area contributed by atoms with Gasteiger partial charge in [-0.05, 0) is 78.6 Å². The molecular weight excluding hydrogens is 597 g/mol. The Kier molecular flexibility index (Phi) is 10.5. The summed E-state index contributed by atoms with van der Waals surface area (Å²) in [5.74, 6) is -1.88. The molecule has 2 aliphatic heterocycles. The van der Waals surface area contributed by atoms with E-state index in [-0.39, 0.29) is 30.8 Å². The standard InChI is InChI=1S/C28H38N5O10P/c1-16-11-18-19(12-17(16)2)33(22-21(30-18)23(35)32-26(38)31-22)13-20(34)29-9-10-44(39,42-14-40-24(36)27(3,4)5)43-15-41-25(37)28(6,7)8/h11-12H,9-10,13-15H2,1-8H3,(H,29,34)(H,32,35,38). The lowest BCUT2D eigenvalue weighted by atomic mass is 9.98. The highest BCUT2D eigenvalue weighted by atomic mass is 31.2. The van der Waals surface area contributed by atoms with Gasteiger partial charge >= 0.3 is 25.2 Å². The Morgan fingerprint density at radius 1 is 0.909 bits per heavy atom. The number of rotatable bonds is 11. The first-order chi connectivity index (χ1) is 20.3. The molecule has 44 heavy (non-hydrogen) atoms. The molecule has 2 heterocycles. The zero-order chi connectivity index (χ0) is 33.0. The Morgan fingerprint density at radius 2 is 1.45 bits per heavy atom. The van der Waals surface area contributed by atoms with Crippen LogP contribution in [0.1, 0.15) is 52.7 Å². The molecule has 0 fully saturated rings. The average Bonchev–Trinajstić information content (AvgIpc) is 2.89. The maximum absolute atomic E-state index is 13.4. The molecular formula is C28H38N5O10P. The molecule has 1 amide bonds. The summed E-state index contributed by atoms with van der Waals surface area (Å²) in [5.41, 5.74) is -0.765. The molecule has 0 saturated heterocycles. The first kappa shape index (κ1) is 34.5. The fraction of sp³-hybridized carbons (Fsp3) is 0.536. The van der Waals surface area contributed by atoms with E-state index in [9.17, 15) is 28.5 Å². The third-order valence-electron chi connectivity index (χ3n) is 6.34. The minimum absolute atomic E-state index is 0.0803. The zero-order valence-corrected chi connectivity index (χ0v) is 27.0. The van der Waals surface area contributed by atoms with Crippen LogP contribution in [-0.2, 0) is 44.0 Å². The van der Waals surface area contributed by atoms with Gasteiger partial charge in [-0.25, -0.2) is 9.78 Å². The van der Waals surface area contributed by atoms with Gasteiger partial charge in [-0.15, -0.1) is 0 Å². The first-order valence-corrected chi connectivity index (χ1v) is 15.4. The monoisotopic (exact) mass is 635 g/mol. The molecule has 16 heteroatoms. The molecule has 2 aliphatic rings. The number of fused-ring (bicyclic) bond motifs is 2. The number of esters is 2. The molecule has 2 N–H and O–H groups in total. The third kappa shape index (κ3) is 8.80. The third-order valence-corrected chi connectivity index (χ3v) is 8.11. The van der Waals surface area contributed by atoms with Crippen LogP contribution in [0.3, 0.4) is 0 Å². The molecule has 0 spiro atoms. The fourth-order valence-electron chi connectivity index (χ4n) is 3.66. The van der Waals surface area contributed by atoms with E-state index >= 15 is 0 Å². The summed E-state index contributed by atoms with van der Waals surface area (Å²) < 4.78 is 35.5. The van der Waals surface area contributed by atoms with Crippen molar-refractivity contribution in [1.29, 1.82) is 0 Å². The van der Waals surface area contributed by atoms with Crippen LogP contribution in [-0.4, -0.2) is 63.7 Å². The summed E-state index contributed by atoms with van der Waals surface area (Å²) in [6.07, 6.45) is -0.373. The number of nitrogens with one attached hydrogen (secondary N) is 2. The van der Waals surface area contributed by atoms with E-state index in [4.69, 9.17) is 18.5 Å². The van der Waals surface area contributed by atoms with Crippen LogP contribution < -0.4 is 16.6 Å². The van der Waals surface area contributed by atoms with Gasteiger partial charge in [-0.3, -0.25) is 37.8 Å². The Labute approximate surface area is 253 Å². The number of aryl methyl sites for hydroxylation is 2. The maximum Gasteiger partial charge on any atom is 0.349 e. The average molecular weight is 636 g/mol. The van der Waals surface area contributed by atoms with E-state index in [2.05, 4.69) is 20.3 Å². The van der Waals surface area contributed by atoms with Crippen LogP contribution in [0.4, 0.5) is 0 Å². The van der Waals surface area contributed by atoms with Gasteiger partial charge in [0, 0.05) is 6.54 Å². The van der Waals surface area contributed by atoms with Gasteiger partial charge < -0.3 is 19.4 Å². The first-order valence-electron chi connectivity index (χ1n) is 13.7. The minimum atomic E-state index is -4.06. The van der Waals surface area contributed by atoms with Crippen LogP contribution in [0.15, 0.2) is 21.7 Å². The van der Waals surface area contributed by atoms with Crippen molar-refractivity contribution in [2.45, 2.75) is 61.9 Å². The van der Waals surface area contributed by atoms with Gasteiger partial charge in [0.05, 0.1) is 28.0 Å². The van der Waals surface area contributed by atoms with Crippen LogP contribution >= 0.6 is 7.60 Å². The number of aromatic amines is 1. The van der Waals surface area contributed by atoms with Crippen LogP contribution in [0.5, 0.6) is 0 Å². The van der Waals surface area contributed by atoms with Gasteiger partial charge in [0.15, 0.2) is 11.5 Å². The number of hydrogen-bond donors (Lipinski definition) is 2. The predicted octanol–water partition coefficient (Wildman–Crippen LogP) is 2.64. The van der Waals surface area contributed by atoms with Crippen molar-refractivity contribution < 1.29 is 37.5 Å². The second-order valence-corrected chi connectivity index (χ2v) is 14.4. The highest BCUT2D eigenvalue weighted by molar-refractivity contribution is 7.53. The number of H-pyrrole nitrogens is 1. The molecule has 0 saturated carbocycles. The van der Waals surface area contributed by atoms with E-state index in [0.717, 1.165) is 11.1 Å². The van der Waals surface area contributed by atoms with Crippen molar-refractivity contribution in [3.05, 3.63) is 44.1 Å². The second kappa shape index (κ2) is 13.4. The Balaban J connectivity index is 1.77. The summed E-state index contributed by atoms with van der Waals surface area (Å²) in [7, 11) is -4.06. The number of benzene rings is 1. The van der Waals surface area contributed by atoms with Crippen LogP contribution in [0.25, 0.3) is 22.6 Å². The SMILES string of the molecule is Cc1cc2nc3c(=O)[nH]c(=O)nc-3n(CC(=O)NCCP(=O)(OCOC(=O)C(C)(C)C)OCOC(=O)C(C)(C)C)c2cc1C. The second-order valence-electron chi connectivity index (χ2n) is 12.2. The van der Waals surface area contributed by atoms with E-state index in [1.165, 1.54) is 4.57 Å². The molecule has 1 aromatic carbocycles. The molecule has 0 aliphatic carbocycles. The molecule has 0 atom stereocenters. The Bertz CT molecular complexity index is 1660. The van der Waals surface area contributed by atoms with Gasteiger partial charge in [-0.1, -0.05) is 0 Å². The number of hydrogen-bond acceptors (Lipinski definition) is 12. The van der Waals surface area contributed by atoms with Crippen molar-refractivity contribution in [3.8, 4) is 11.5 Å². The number of ether oxygens (including phenoxy) is 2. The number of amides is 1. The summed E-state index contributed by atoms with van der Waals surface area (Å²) in [6.45, 7) is 11.5. The maximum atomic E-state index is 13.4. The van der Waals surface area contributed by atoms with Crippen molar-refractivity contribution in [2.24, 2.45) is 10.8 Å². The highest BCUT2D eigenvalue weighted by Crippen LogP contribution is 2.47. The van der Waals surface area contributed by atoms with E-state index in [0.29, 0.717) is 11.0 Å². The fourth-order valence-corrected chi connectivity index (χ4v) is 4.81. The van der Waals surface area contributed by atoms with Crippen molar-refractivity contribution in [3.63, 3.8) is 0 Å². The normalized spacial score (nSPS) is 12.4. The number of nitrogens with zero attached hydrogens (tertiary/aromatic N) is 3. The van der Waals surface area contributed by atoms with Crippen molar-refractivity contribution >= 4 is 36.5 Å². The number of carbonyl (C=O) groups excluding carboxylic acids is 3. The van der Waals surface area contributed by atoms with Crippen LogP contribution in [0, 0.1) is 24.7 Å². The largest absolute Gasteiger partial charge is 0.438 e. The molecule has 3 rings (SSSR count). The lowest BCUT2D eigenvalue weighted by Gasteiger charge is -2.22. The van der Waals surface area contributed by atoms with Gasteiger partial charge in [0.2, 0.25) is 19.5 Å². The van der Waals surface area contributed by atoms with Gasteiger partial charge in [-0.2, -0.15) is 4.98 Å². The van der Waals surface area contributed by atoms with Crippen molar-refractivity contribution in [1.82, 2.24) is 24.8 Å². The summed E-state index contributed by atoms with van der Waals surface area (Å²) in [4.78, 5) is 72.1. The topological polar surface area (TPSA) is 198 Å². The molecule has 0 unspecified atom stereocenters. The molecule has 1 aromatic rings. The Morgan fingerprint density at radius 3 is 2.00 bits per heavy atom. The van der Waals surface area contributed by atoms with Gasteiger partial charge in [0.25, 0.3) is 5.56 Å².